The second kappa shape index (κ2) is 6.23. The van der Waals surface area contributed by atoms with E-state index in [4.69, 9.17) is 0 Å². The summed E-state index contributed by atoms with van der Waals surface area (Å²) in [5, 5.41) is 9.52. The highest BCUT2D eigenvalue weighted by atomic mass is 79.9. The Kier molecular flexibility index (Phi) is 4.38. The summed E-state index contributed by atoms with van der Waals surface area (Å²) >= 11 is 3.75. The number of piperidine rings is 1. The minimum absolute atomic E-state index is 0.0803. The standard InChI is InChI=1S/C19H25BrN2O3S/c1-19(2,3)16-12(20)9-14-17-15(16)11-10-21(18(23)24)7-5-13(11)22(17)6-4-8-26(14)25/h9,11,13H,4-8,10H2,1-3H3,(H,23,24)/t11-,13+,26?/m1/s1. The van der Waals surface area contributed by atoms with Crippen LogP contribution in [0.15, 0.2) is 15.4 Å². The third-order valence-electron chi connectivity index (χ3n) is 5.88. The maximum absolute atomic E-state index is 12.9. The summed E-state index contributed by atoms with van der Waals surface area (Å²) in [5.41, 5.74) is 3.52. The number of carbonyl (C=O) groups is 1. The molecular weight excluding hydrogens is 416 g/mol. The highest BCUT2D eigenvalue weighted by Gasteiger charge is 2.47. The molecule has 7 heteroatoms. The average Bonchev–Trinajstić information content (AvgIpc) is 2.76. The van der Waals surface area contributed by atoms with Gasteiger partial charge in [-0.2, -0.15) is 0 Å². The van der Waals surface area contributed by atoms with Crippen molar-refractivity contribution in [3.63, 3.8) is 0 Å². The molecule has 3 heterocycles. The van der Waals surface area contributed by atoms with E-state index in [0.29, 0.717) is 24.9 Å². The number of benzene rings is 1. The van der Waals surface area contributed by atoms with E-state index in [1.165, 1.54) is 11.1 Å². The Hall–Kier alpha value is -1.08. The molecule has 1 N–H and O–H groups in total. The summed E-state index contributed by atoms with van der Waals surface area (Å²) in [7, 11) is -1.00. The van der Waals surface area contributed by atoms with Crippen molar-refractivity contribution >= 4 is 38.5 Å². The first-order chi connectivity index (χ1) is 12.2. The van der Waals surface area contributed by atoms with E-state index in [-0.39, 0.29) is 11.3 Å². The number of fused-ring (bicyclic) bond motifs is 3. The van der Waals surface area contributed by atoms with Gasteiger partial charge >= 0.3 is 6.09 Å². The van der Waals surface area contributed by atoms with Crippen molar-refractivity contribution < 1.29 is 14.1 Å². The van der Waals surface area contributed by atoms with E-state index in [1.807, 2.05) is 0 Å². The molecule has 3 aliphatic rings. The van der Waals surface area contributed by atoms with Crippen molar-refractivity contribution in [2.24, 2.45) is 0 Å². The summed E-state index contributed by atoms with van der Waals surface area (Å²) in [6.07, 6.45) is 0.903. The van der Waals surface area contributed by atoms with Crippen molar-refractivity contribution in [3.8, 4) is 0 Å². The molecule has 1 amide bonds. The van der Waals surface area contributed by atoms with Crippen LogP contribution in [-0.2, 0) is 16.2 Å². The minimum atomic E-state index is -1.00. The van der Waals surface area contributed by atoms with Crippen LogP contribution < -0.4 is 4.90 Å². The molecule has 0 aromatic heterocycles. The monoisotopic (exact) mass is 440 g/mol. The van der Waals surface area contributed by atoms with Gasteiger partial charge in [-0.15, -0.1) is 0 Å². The van der Waals surface area contributed by atoms with Gasteiger partial charge in [-0.1, -0.05) is 36.7 Å². The van der Waals surface area contributed by atoms with Gasteiger partial charge in [-0.25, -0.2) is 4.79 Å². The van der Waals surface area contributed by atoms with E-state index in [0.717, 1.165) is 34.4 Å². The van der Waals surface area contributed by atoms with Crippen LogP contribution in [0.4, 0.5) is 10.5 Å². The molecule has 142 valence electrons. The summed E-state index contributed by atoms with van der Waals surface area (Å²) in [6.45, 7) is 8.59. The fourth-order valence-electron chi connectivity index (χ4n) is 4.92. The number of carboxylic acid groups (broad SMARTS) is 1. The third kappa shape index (κ3) is 2.70. The van der Waals surface area contributed by atoms with Crippen LogP contribution in [0.3, 0.4) is 0 Å². The normalized spacial score (nSPS) is 27.8. The molecule has 5 nitrogen and oxygen atoms in total. The predicted molar refractivity (Wildman–Crippen MR) is 107 cm³/mol. The van der Waals surface area contributed by atoms with Gasteiger partial charge in [-0.05, 0) is 35.4 Å². The molecule has 26 heavy (non-hydrogen) atoms. The summed E-state index contributed by atoms with van der Waals surface area (Å²) in [5.74, 6) is 0.846. The lowest BCUT2D eigenvalue weighted by Gasteiger charge is -2.38. The molecule has 1 unspecified atom stereocenters. The fraction of sp³-hybridized carbons (Fsp3) is 0.632. The highest BCUT2D eigenvalue weighted by Crippen LogP contribution is 2.53. The van der Waals surface area contributed by atoms with E-state index < -0.39 is 16.9 Å². The zero-order valence-corrected chi connectivity index (χ0v) is 17.8. The van der Waals surface area contributed by atoms with Crippen LogP contribution in [0.1, 0.15) is 50.7 Å². The molecular formula is C19H25BrN2O3S. The van der Waals surface area contributed by atoms with E-state index in [9.17, 15) is 14.1 Å². The maximum atomic E-state index is 12.9. The molecule has 3 aliphatic heterocycles. The SMILES string of the molecule is CC(C)(C)c1c(Br)cc2c3c1[C@@H]1CN(C(=O)O)CC[C@@H]1N3CCCS2=O. The number of hydrogen-bond donors (Lipinski definition) is 1. The molecule has 3 atom stereocenters. The fourth-order valence-corrected chi connectivity index (χ4v) is 7.41. The van der Waals surface area contributed by atoms with E-state index in [2.05, 4.69) is 47.7 Å². The van der Waals surface area contributed by atoms with Crippen LogP contribution in [0.25, 0.3) is 0 Å². The number of rotatable bonds is 0. The van der Waals surface area contributed by atoms with Crippen molar-refractivity contribution in [1.82, 2.24) is 4.90 Å². The first kappa shape index (κ1) is 18.3. The van der Waals surface area contributed by atoms with E-state index >= 15 is 0 Å². The lowest BCUT2D eigenvalue weighted by Crippen LogP contribution is -2.48. The Bertz CT molecular complexity index is 805. The van der Waals surface area contributed by atoms with Crippen LogP contribution in [-0.4, -0.2) is 51.7 Å². The molecule has 0 saturated carbocycles. The van der Waals surface area contributed by atoms with Gasteiger partial charge < -0.3 is 14.9 Å². The van der Waals surface area contributed by atoms with Crippen molar-refractivity contribution in [2.75, 3.05) is 30.3 Å². The molecule has 0 spiro atoms. The second-order valence-electron chi connectivity index (χ2n) is 8.53. The van der Waals surface area contributed by atoms with Gasteiger partial charge in [-0.3, -0.25) is 4.21 Å². The lowest BCUT2D eigenvalue weighted by molar-refractivity contribution is 0.126. The van der Waals surface area contributed by atoms with Gasteiger partial charge in [0.1, 0.15) is 0 Å². The molecule has 1 aromatic rings. The Morgan fingerprint density at radius 2 is 2.08 bits per heavy atom. The number of likely N-dealkylation sites (tertiary alicyclic amines) is 1. The molecule has 1 saturated heterocycles. The summed E-state index contributed by atoms with van der Waals surface area (Å²) < 4.78 is 13.9. The minimum Gasteiger partial charge on any atom is -0.465 e. The van der Waals surface area contributed by atoms with Crippen LogP contribution in [0, 0.1) is 0 Å². The van der Waals surface area contributed by atoms with Gasteiger partial charge in [0.2, 0.25) is 0 Å². The van der Waals surface area contributed by atoms with Gasteiger partial charge in [0, 0.05) is 41.8 Å². The molecule has 1 aromatic carbocycles. The number of anilines is 1. The third-order valence-corrected chi connectivity index (χ3v) is 7.97. The summed E-state index contributed by atoms with van der Waals surface area (Å²) in [4.78, 5) is 16.5. The first-order valence-corrected chi connectivity index (χ1v) is 11.3. The van der Waals surface area contributed by atoms with Gasteiger partial charge in [0.05, 0.1) is 21.4 Å². The topological polar surface area (TPSA) is 60.9 Å². The van der Waals surface area contributed by atoms with Crippen molar-refractivity contribution in [3.05, 3.63) is 21.7 Å². The average molecular weight is 441 g/mol. The Morgan fingerprint density at radius 1 is 1.35 bits per heavy atom. The zero-order chi connectivity index (χ0) is 18.8. The van der Waals surface area contributed by atoms with Gasteiger partial charge in [0.15, 0.2) is 0 Å². The molecule has 0 bridgehead atoms. The van der Waals surface area contributed by atoms with E-state index in [1.54, 1.807) is 4.90 Å². The number of halogens is 1. The largest absolute Gasteiger partial charge is 0.465 e. The quantitative estimate of drug-likeness (QED) is 0.663. The Morgan fingerprint density at radius 3 is 2.73 bits per heavy atom. The molecule has 0 aliphatic carbocycles. The van der Waals surface area contributed by atoms with Crippen molar-refractivity contribution in [2.45, 2.75) is 55.9 Å². The van der Waals surface area contributed by atoms with Crippen molar-refractivity contribution in [1.29, 1.82) is 0 Å². The Balaban J connectivity index is 1.97. The maximum Gasteiger partial charge on any atom is 0.407 e. The van der Waals surface area contributed by atoms with Gasteiger partial charge in [0.25, 0.3) is 0 Å². The second-order valence-corrected chi connectivity index (χ2v) is 10.9. The molecule has 0 radical (unpaired) electrons. The number of nitrogens with zero attached hydrogens (tertiary/aromatic N) is 2. The predicted octanol–water partition coefficient (Wildman–Crippen LogP) is 3.91. The first-order valence-electron chi connectivity index (χ1n) is 9.20. The van der Waals surface area contributed by atoms with Crippen LogP contribution in [0.5, 0.6) is 0 Å². The number of amides is 1. The van der Waals surface area contributed by atoms with Crippen LogP contribution >= 0.6 is 15.9 Å². The summed E-state index contributed by atoms with van der Waals surface area (Å²) in [6, 6.07) is 2.37. The van der Waals surface area contributed by atoms with Crippen LogP contribution in [0.2, 0.25) is 0 Å². The smallest absolute Gasteiger partial charge is 0.407 e. The molecule has 1 fully saturated rings. The lowest BCUT2D eigenvalue weighted by atomic mass is 9.78. The Labute approximate surface area is 165 Å². The highest BCUT2D eigenvalue weighted by molar-refractivity contribution is 9.10. The molecule has 4 rings (SSSR count). The zero-order valence-electron chi connectivity index (χ0n) is 15.4. The number of hydrogen-bond acceptors (Lipinski definition) is 3.